The second kappa shape index (κ2) is 6.99. The van der Waals surface area contributed by atoms with Crippen molar-refractivity contribution in [2.45, 2.75) is 46.0 Å². The van der Waals surface area contributed by atoms with E-state index in [-0.39, 0.29) is 11.8 Å². The Morgan fingerprint density at radius 1 is 0.958 bits per heavy atom. The monoisotopic (exact) mass is 331 g/mol. The lowest BCUT2D eigenvalue weighted by Gasteiger charge is -2.24. The molecule has 1 aliphatic carbocycles. The van der Waals surface area contributed by atoms with E-state index in [2.05, 4.69) is 4.57 Å². The third kappa shape index (κ3) is 3.21. The summed E-state index contributed by atoms with van der Waals surface area (Å²) >= 11 is 0. The van der Waals surface area contributed by atoms with Crippen LogP contribution in [-0.4, -0.2) is 52.4 Å². The summed E-state index contributed by atoms with van der Waals surface area (Å²) in [5, 5.41) is 0. The summed E-state index contributed by atoms with van der Waals surface area (Å²) in [5.41, 5.74) is 2.91. The van der Waals surface area contributed by atoms with E-state index >= 15 is 0 Å². The van der Waals surface area contributed by atoms with E-state index in [0.29, 0.717) is 19.0 Å². The minimum atomic E-state index is 0.103. The van der Waals surface area contributed by atoms with Crippen LogP contribution >= 0.6 is 0 Å². The van der Waals surface area contributed by atoms with Crippen LogP contribution in [0.15, 0.2) is 6.07 Å². The summed E-state index contributed by atoms with van der Waals surface area (Å²) in [6, 6.07) is 1.98. The van der Waals surface area contributed by atoms with Crippen LogP contribution in [0.4, 0.5) is 0 Å². The lowest BCUT2D eigenvalue weighted by molar-refractivity contribution is -0.135. The van der Waals surface area contributed by atoms with Gasteiger partial charge in [-0.3, -0.25) is 9.59 Å². The number of nitrogens with zero attached hydrogens (tertiary/aromatic N) is 3. The highest BCUT2D eigenvalue weighted by Crippen LogP contribution is 2.27. The van der Waals surface area contributed by atoms with Crippen LogP contribution in [-0.2, 0) is 11.8 Å². The normalized spacial score (nSPS) is 19.6. The molecule has 24 heavy (non-hydrogen) atoms. The molecule has 0 bridgehead atoms. The van der Waals surface area contributed by atoms with Gasteiger partial charge in [-0.05, 0) is 39.2 Å². The predicted molar refractivity (Wildman–Crippen MR) is 93.9 cm³/mol. The van der Waals surface area contributed by atoms with E-state index < -0.39 is 0 Å². The summed E-state index contributed by atoms with van der Waals surface area (Å²) in [6.45, 7) is 6.85. The smallest absolute Gasteiger partial charge is 0.255 e. The molecular formula is C19H29N3O2. The van der Waals surface area contributed by atoms with Crippen LogP contribution in [0.25, 0.3) is 0 Å². The van der Waals surface area contributed by atoms with Gasteiger partial charge in [0.2, 0.25) is 5.91 Å². The number of carbonyl (C=O) groups excluding carboxylic acids is 2. The first-order valence-corrected chi connectivity index (χ1v) is 9.20. The molecule has 132 valence electrons. The van der Waals surface area contributed by atoms with Gasteiger partial charge in [0.1, 0.15) is 0 Å². The standard InChI is InChI=1S/C19H29N3O2/c1-14-13-17(15(2)20(14)3)19(24)22-10-6-9-21(11-12-22)18(23)16-7-4-5-8-16/h13,16H,4-12H2,1-3H3. The molecule has 1 saturated heterocycles. The maximum atomic E-state index is 12.9. The molecule has 0 spiro atoms. The molecule has 0 radical (unpaired) electrons. The van der Waals surface area contributed by atoms with Gasteiger partial charge in [0.15, 0.2) is 0 Å². The average molecular weight is 331 g/mol. The van der Waals surface area contributed by atoms with Gasteiger partial charge >= 0.3 is 0 Å². The van der Waals surface area contributed by atoms with Gasteiger partial charge < -0.3 is 14.4 Å². The molecule has 1 aromatic rings. The molecule has 5 heteroatoms. The Kier molecular flexibility index (Phi) is 4.97. The van der Waals surface area contributed by atoms with Gasteiger partial charge in [-0.1, -0.05) is 12.8 Å². The fourth-order valence-corrected chi connectivity index (χ4v) is 4.01. The SMILES string of the molecule is Cc1cc(C(=O)N2CCCN(C(=O)C3CCCC3)CC2)c(C)n1C. The zero-order chi connectivity index (χ0) is 17.3. The highest BCUT2D eigenvalue weighted by atomic mass is 16.2. The lowest BCUT2D eigenvalue weighted by Crippen LogP contribution is -2.39. The Morgan fingerprint density at radius 2 is 1.58 bits per heavy atom. The number of amides is 2. The highest BCUT2D eigenvalue weighted by Gasteiger charge is 2.30. The van der Waals surface area contributed by atoms with Crippen molar-refractivity contribution < 1.29 is 9.59 Å². The minimum Gasteiger partial charge on any atom is -0.351 e. The molecular weight excluding hydrogens is 302 g/mol. The number of aromatic nitrogens is 1. The Hall–Kier alpha value is -1.78. The maximum Gasteiger partial charge on any atom is 0.255 e. The zero-order valence-electron chi connectivity index (χ0n) is 15.2. The van der Waals surface area contributed by atoms with E-state index in [1.165, 1.54) is 12.8 Å². The fraction of sp³-hybridized carbons (Fsp3) is 0.684. The van der Waals surface area contributed by atoms with Crippen LogP contribution in [0.2, 0.25) is 0 Å². The third-order valence-electron chi connectivity index (χ3n) is 5.80. The maximum absolute atomic E-state index is 12.9. The fourth-order valence-electron chi connectivity index (χ4n) is 4.01. The summed E-state index contributed by atoms with van der Waals surface area (Å²) < 4.78 is 2.06. The molecule has 3 rings (SSSR count). The first-order chi connectivity index (χ1) is 11.5. The van der Waals surface area contributed by atoms with Gasteiger partial charge in [-0.25, -0.2) is 0 Å². The van der Waals surface area contributed by atoms with E-state index in [1.807, 2.05) is 36.8 Å². The highest BCUT2D eigenvalue weighted by molar-refractivity contribution is 5.95. The van der Waals surface area contributed by atoms with Crippen molar-refractivity contribution in [2.75, 3.05) is 26.2 Å². The molecule has 0 aromatic carbocycles. The third-order valence-corrected chi connectivity index (χ3v) is 5.80. The number of rotatable bonds is 2. The van der Waals surface area contributed by atoms with E-state index in [0.717, 1.165) is 49.3 Å². The molecule has 1 aromatic heterocycles. The van der Waals surface area contributed by atoms with Crippen molar-refractivity contribution in [3.63, 3.8) is 0 Å². The van der Waals surface area contributed by atoms with E-state index in [4.69, 9.17) is 0 Å². The molecule has 2 aliphatic rings. The second-order valence-corrected chi connectivity index (χ2v) is 7.30. The van der Waals surface area contributed by atoms with Crippen LogP contribution in [0.1, 0.15) is 53.8 Å². The lowest BCUT2D eigenvalue weighted by atomic mass is 10.1. The second-order valence-electron chi connectivity index (χ2n) is 7.30. The number of hydrogen-bond donors (Lipinski definition) is 0. The van der Waals surface area contributed by atoms with Crippen LogP contribution in [0.5, 0.6) is 0 Å². The van der Waals surface area contributed by atoms with Crippen LogP contribution < -0.4 is 0 Å². The molecule has 0 unspecified atom stereocenters. The molecule has 1 aliphatic heterocycles. The van der Waals surface area contributed by atoms with Crippen LogP contribution in [0, 0.1) is 19.8 Å². The number of hydrogen-bond acceptors (Lipinski definition) is 2. The molecule has 2 heterocycles. The van der Waals surface area contributed by atoms with Crippen molar-refractivity contribution in [2.24, 2.45) is 13.0 Å². The van der Waals surface area contributed by atoms with Crippen molar-refractivity contribution in [3.05, 3.63) is 23.0 Å². The zero-order valence-corrected chi connectivity index (χ0v) is 15.2. The molecule has 2 fully saturated rings. The molecule has 2 amide bonds. The summed E-state index contributed by atoms with van der Waals surface area (Å²) in [5.74, 6) is 0.645. The Labute approximate surface area is 144 Å². The largest absolute Gasteiger partial charge is 0.351 e. The molecule has 5 nitrogen and oxygen atoms in total. The summed E-state index contributed by atoms with van der Waals surface area (Å²) in [6.07, 6.45) is 5.32. The Morgan fingerprint density at radius 3 is 2.21 bits per heavy atom. The first-order valence-electron chi connectivity index (χ1n) is 9.20. The average Bonchev–Trinajstić information content (AvgIpc) is 3.11. The van der Waals surface area contributed by atoms with Crippen molar-refractivity contribution in [1.29, 1.82) is 0 Å². The quantitative estimate of drug-likeness (QED) is 0.836. The van der Waals surface area contributed by atoms with Gasteiger partial charge in [0, 0.05) is 50.5 Å². The van der Waals surface area contributed by atoms with Gasteiger partial charge in [-0.2, -0.15) is 0 Å². The minimum absolute atomic E-state index is 0.103. The van der Waals surface area contributed by atoms with Gasteiger partial charge in [-0.15, -0.1) is 0 Å². The predicted octanol–water partition coefficient (Wildman–Crippen LogP) is 2.51. The van der Waals surface area contributed by atoms with Crippen molar-refractivity contribution in [1.82, 2.24) is 14.4 Å². The van der Waals surface area contributed by atoms with E-state index in [9.17, 15) is 9.59 Å². The van der Waals surface area contributed by atoms with Crippen molar-refractivity contribution >= 4 is 11.8 Å². The summed E-state index contributed by atoms with van der Waals surface area (Å²) in [7, 11) is 1.99. The number of carbonyl (C=O) groups is 2. The first kappa shape index (κ1) is 17.1. The molecule has 0 atom stereocenters. The van der Waals surface area contributed by atoms with Gasteiger partial charge in [0.05, 0.1) is 5.56 Å². The van der Waals surface area contributed by atoms with E-state index in [1.54, 1.807) is 0 Å². The Balaban J connectivity index is 1.65. The van der Waals surface area contributed by atoms with Crippen LogP contribution in [0.3, 0.4) is 0 Å². The molecule has 1 saturated carbocycles. The topological polar surface area (TPSA) is 45.6 Å². The Bertz CT molecular complexity index is 629. The van der Waals surface area contributed by atoms with Crippen molar-refractivity contribution in [3.8, 4) is 0 Å². The number of aryl methyl sites for hydroxylation is 1. The van der Waals surface area contributed by atoms with Gasteiger partial charge in [0.25, 0.3) is 5.91 Å². The molecule has 0 N–H and O–H groups in total. The summed E-state index contributed by atoms with van der Waals surface area (Å²) in [4.78, 5) is 29.4.